The van der Waals surface area contributed by atoms with E-state index in [1.54, 1.807) is 0 Å². The van der Waals surface area contributed by atoms with Crippen LogP contribution in [0.5, 0.6) is 0 Å². The molecule has 0 N–H and O–H groups in total. The lowest BCUT2D eigenvalue weighted by molar-refractivity contribution is -0.108. The molecule has 0 saturated heterocycles. The molecule has 0 rings (SSSR count). The molecule has 0 amide bonds. The maximum atomic E-state index is 5.92. The van der Waals surface area contributed by atoms with Gasteiger partial charge in [0.2, 0.25) is 0 Å². The van der Waals surface area contributed by atoms with Crippen LogP contribution in [0.25, 0.3) is 0 Å². The lowest BCUT2D eigenvalue weighted by Gasteiger charge is -2.23. The van der Waals surface area contributed by atoms with Crippen LogP contribution in [0.4, 0.5) is 0 Å². The van der Waals surface area contributed by atoms with Crippen LogP contribution in [-0.4, -0.2) is 91.0 Å². The Labute approximate surface area is 191 Å². The van der Waals surface area contributed by atoms with Crippen LogP contribution in [0, 0.1) is 0 Å². The van der Waals surface area contributed by atoms with Crippen LogP contribution in [0.1, 0.15) is 66.7 Å². The summed E-state index contributed by atoms with van der Waals surface area (Å²) in [7, 11) is 0. The van der Waals surface area contributed by atoms with Gasteiger partial charge in [-0.1, -0.05) is 34.6 Å². The second-order valence-corrected chi connectivity index (χ2v) is 7.70. The number of ether oxygens (including phenoxy) is 7. The Morgan fingerprint density at radius 1 is 0.355 bits per heavy atom. The molecule has 0 aliphatic heterocycles. The van der Waals surface area contributed by atoms with E-state index in [2.05, 4.69) is 34.6 Å². The van der Waals surface area contributed by atoms with Crippen molar-refractivity contribution in [2.24, 2.45) is 0 Å². The average molecular weight is 451 g/mol. The summed E-state index contributed by atoms with van der Waals surface area (Å²) >= 11 is 0. The summed E-state index contributed by atoms with van der Waals surface area (Å²) in [6.45, 7) is 17.1. The zero-order chi connectivity index (χ0) is 23.0. The van der Waals surface area contributed by atoms with E-state index >= 15 is 0 Å². The highest BCUT2D eigenvalue weighted by Crippen LogP contribution is 2.04. The minimum atomic E-state index is -0.119. The minimum Gasteiger partial charge on any atom is -0.379 e. The molecule has 0 spiro atoms. The van der Waals surface area contributed by atoms with Crippen molar-refractivity contribution in [2.45, 2.75) is 85.0 Å². The van der Waals surface area contributed by atoms with Gasteiger partial charge in [0.25, 0.3) is 0 Å². The third-order valence-corrected chi connectivity index (χ3v) is 4.19. The van der Waals surface area contributed by atoms with Crippen molar-refractivity contribution in [3.63, 3.8) is 0 Å². The Balaban J connectivity index is 4.38. The SMILES string of the molecule is CCCOCC(COCC(COCC(COCCC)OCCC)OCCC)OCCC. The quantitative estimate of drug-likeness (QED) is 0.193. The molecule has 0 aromatic heterocycles. The largest absolute Gasteiger partial charge is 0.379 e. The Bertz CT molecular complexity index is 316. The van der Waals surface area contributed by atoms with E-state index in [0.717, 1.165) is 45.3 Å². The van der Waals surface area contributed by atoms with Crippen LogP contribution in [0.2, 0.25) is 0 Å². The van der Waals surface area contributed by atoms with Gasteiger partial charge in [-0.25, -0.2) is 0 Å². The topological polar surface area (TPSA) is 64.6 Å². The molecule has 2 atom stereocenters. The standard InChI is InChI=1S/C24H50O7/c1-6-11-25-16-22(29-13-8-3)18-27-20-24(31-15-10-5)21-28-19-23(30-14-9-4)17-26-12-7-2/h22-24H,6-21H2,1-5H3. The van der Waals surface area contributed by atoms with Crippen molar-refractivity contribution in [1.82, 2.24) is 0 Å². The summed E-state index contributed by atoms with van der Waals surface area (Å²) < 4.78 is 40.7. The Morgan fingerprint density at radius 2 is 0.613 bits per heavy atom. The molecule has 0 saturated carbocycles. The first-order valence-corrected chi connectivity index (χ1v) is 12.4. The van der Waals surface area contributed by atoms with Gasteiger partial charge in [0.1, 0.15) is 18.3 Å². The third kappa shape index (κ3) is 20.1. The van der Waals surface area contributed by atoms with Crippen LogP contribution < -0.4 is 0 Å². The van der Waals surface area contributed by atoms with Crippen LogP contribution in [0.3, 0.4) is 0 Å². The fourth-order valence-electron chi connectivity index (χ4n) is 2.67. The molecule has 0 aromatic carbocycles. The second-order valence-electron chi connectivity index (χ2n) is 7.70. The van der Waals surface area contributed by atoms with Gasteiger partial charge in [-0.3, -0.25) is 0 Å². The van der Waals surface area contributed by atoms with Gasteiger partial charge in [-0.15, -0.1) is 0 Å². The molecule has 31 heavy (non-hydrogen) atoms. The fraction of sp³-hybridized carbons (Fsp3) is 1.00. The lowest BCUT2D eigenvalue weighted by Crippen LogP contribution is -2.33. The molecule has 0 aliphatic carbocycles. The Hall–Kier alpha value is -0.280. The average Bonchev–Trinajstić information content (AvgIpc) is 2.78. The van der Waals surface area contributed by atoms with Gasteiger partial charge in [-0.05, 0) is 32.1 Å². The zero-order valence-corrected chi connectivity index (χ0v) is 20.9. The van der Waals surface area contributed by atoms with Gasteiger partial charge >= 0.3 is 0 Å². The van der Waals surface area contributed by atoms with E-state index in [1.807, 2.05) is 0 Å². The molecule has 7 nitrogen and oxygen atoms in total. The minimum absolute atomic E-state index is 0.0539. The summed E-state index contributed by atoms with van der Waals surface area (Å²) in [5.41, 5.74) is 0. The molecule has 0 aliphatic rings. The van der Waals surface area contributed by atoms with Crippen molar-refractivity contribution < 1.29 is 33.2 Å². The summed E-state index contributed by atoms with van der Waals surface area (Å²) in [6.07, 6.45) is 4.68. The lowest BCUT2D eigenvalue weighted by atomic mass is 10.3. The highest BCUT2D eigenvalue weighted by molar-refractivity contribution is 4.62. The van der Waals surface area contributed by atoms with Crippen molar-refractivity contribution in [3.8, 4) is 0 Å². The molecule has 0 fully saturated rings. The van der Waals surface area contributed by atoms with E-state index < -0.39 is 0 Å². The van der Waals surface area contributed by atoms with Crippen molar-refractivity contribution in [1.29, 1.82) is 0 Å². The molecular weight excluding hydrogens is 400 g/mol. The van der Waals surface area contributed by atoms with E-state index in [1.165, 1.54) is 0 Å². The van der Waals surface area contributed by atoms with E-state index in [4.69, 9.17) is 33.2 Å². The van der Waals surface area contributed by atoms with Crippen molar-refractivity contribution in [3.05, 3.63) is 0 Å². The molecule has 2 unspecified atom stereocenters. The first-order valence-electron chi connectivity index (χ1n) is 12.4. The first-order chi connectivity index (χ1) is 15.2. The summed E-state index contributed by atoms with van der Waals surface area (Å²) in [4.78, 5) is 0. The van der Waals surface area contributed by atoms with Crippen molar-refractivity contribution in [2.75, 3.05) is 72.7 Å². The fourth-order valence-corrected chi connectivity index (χ4v) is 2.67. The first kappa shape index (κ1) is 30.7. The van der Waals surface area contributed by atoms with E-state index in [-0.39, 0.29) is 18.3 Å². The number of rotatable bonds is 25. The zero-order valence-electron chi connectivity index (χ0n) is 20.9. The molecule has 0 bridgehead atoms. The monoisotopic (exact) mass is 450 g/mol. The van der Waals surface area contributed by atoms with Gasteiger partial charge in [-0.2, -0.15) is 0 Å². The van der Waals surface area contributed by atoms with Gasteiger partial charge in [0.15, 0.2) is 0 Å². The third-order valence-electron chi connectivity index (χ3n) is 4.19. The molecular formula is C24H50O7. The summed E-state index contributed by atoms with van der Waals surface area (Å²) in [5.74, 6) is 0. The molecule has 0 heterocycles. The normalized spacial score (nSPS) is 14.6. The smallest absolute Gasteiger partial charge is 0.104 e. The van der Waals surface area contributed by atoms with Gasteiger partial charge in [0.05, 0.1) is 39.6 Å². The van der Waals surface area contributed by atoms with Crippen LogP contribution in [0.15, 0.2) is 0 Å². The van der Waals surface area contributed by atoms with Crippen molar-refractivity contribution >= 4 is 0 Å². The molecule has 0 radical (unpaired) electrons. The van der Waals surface area contributed by atoms with Gasteiger partial charge in [0, 0.05) is 33.0 Å². The highest BCUT2D eigenvalue weighted by Gasteiger charge is 2.16. The van der Waals surface area contributed by atoms with Gasteiger partial charge < -0.3 is 33.2 Å². The predicted molar refractivity (Wildman–Crippen MR) is 124 cm³/mol. The molecule has 7 heteroatoms. The van der Waals surface area contributed by atoms with E-state index in [9.17, 15) is 0 Å². The number of hydrogen-bond donors (Lipinski definition) is 0. The predicted octanol–water partition coefficient (Wildman–Crippen LogP) is 4.26. The van der Waals surface area contributed by atoms with E-state index in [0.29, 0.717) is 59.5 Å². The summed E-state index contributed by atoms with van der Waals surface area (Å²) in [5, 5.41) is 0. The van der Waals surface area contributed by atoms with Crippen LogP contribution >= 0.6 is 0 Å². The maximum absolute atomic E-state index is 5.92. The highest BCUT2D eigenvalue weighted by atomic mass is 16.6. The molecule has 0 aromatic rings. The Kier molecular flexibility index (Phi) is 24.1. The molecule has 188 valence electrons. The second kappa shape index (κ2) is 24.4. The Morgan fingerprint density at radius 3 is 0.871 bits per heavy atom. The summed E-state index contributed by atoms with van der Waals surface area (Å²) in [6, 6.07) is 0. The maximum Gasteiger partial charge on any atom is 0.104 e. The number of hydrogen-bond acceptors (Lipinski definition) is 7. The van der Waals surface area contributed by atoms with Crippen LogP contribution in [-0.2, 0) is 33.2 Å².